The first-order valence-corrected chi connectivity index (χ1v) is 8.77. The summed E-state index contributed by atoms with van der Waals surface area (Å²) < 4.78 is 15.8. The number of hydrogen-bond donors (Lipinski definition) is 2. The number of Topliss-reactive ketones (excluding diaryl/α,β-unsaturated/α-hetero) is 1. The van der Waals surface area contributed by atoms with Crippen molar-refractivity contribution in [2.45, 2.75) is 57.3 Å². The fourth-order valence-corrected chi connectivity index (χ4v) is 2.78. The number of nitrogens with two attached hydrogens (primary N) is 1. The Balaban J connectivity index is 1.97. The van der Waals surface area contributed by atoms with E-state index >= 15 is 0 Å². The van der Waals surface area contributed by atoms with E-state index in [1.165, 1.54) is 7.11 Å². The van der Waals surface area contributed by atoms with Gasteiger partial charge >= 0.3 is 5.97 Å². The highest BCUT2D eigenvalue weighted by Gasteiger charge is 2.48. The quantitative estimate of drug-likeness (QED) is 0.639. The molecule has 8 heteroatoms. The highest BCUT2D eigenvalue weighted by molar-refractivity contribution is 5.93. The third-order valence-electron chi connectivity index (χ3n) is 4.19. The van der Waals surface area contributed by atoms with Crippen LogP contribution in [0.3, 0.4) is 0 Å². The molecule has 1 aliphatic rings. The number of amides is 1. The first-order chi connectivity index (χ1) is 12.7. The van der Waals surface area contributed by atoms with Crippen molar-refractivity contribution in [1.82, 2.24) is 5.32 Å². The highest BCUT2D eigenvalue weighted by atomic mass is 16.8. The van der Waals surface area contributed by atoms with E-state index in [2.05, 4.69) is 10.1 Å². The SMILES string of the molecule is COC(=O)C(N)CCC(=O)C1OC(C)(C)OC1C(=O)NCc1ccccc1. The van der Waals surface area contributed by atoms with Crippen LogP contribution in [-0.2, 0) is 35.1 Å². The zero-order valence-electron chi connectivity index (χ0n) is 15.8. The van der Waals surface area contributed by atoms with Gasteiger partial charge in [-0.2, -0.15) is 0 Å². The summed E-state index contributed by atoms with van der Waals surface area (Å²) in [5.74, 6) is -2.44. The van der Waals surface area contributed by atoms with Crippen LogP contribution in [0.25, 0.3) is 0 Å². The zero-order valence-corrected chi connectivity index (χ0v) is 15.8. The Morgan fingerprint density at radius 2 is 1.81 bits per heavy atom. The molecule has 2 rings (SSSR count). The van der Waals surface area contributed by atoms with Crippen molar-refractivity contribution in [3.05, 3.63) is 35.9 Å². The molecule has 0 spiro atoms. The minimum absolute atomic E-state index is 0.0250. The molecule has 148 valence electrons. The minimum atomic E-state index is -1.07. The van der Waals surface area contributed by atoms with E-state index in [4.69, 9.17) is 15.2 Å². The molecule has 3 unspecified atom stereocenters. The first-order valence-electron chi connectivity index (χ1n) is 8.77. The highest BCUT2D eigenvalue weighted by Crippen LogP contribution is 2.30. The molecule has 0 aromatic heterocycles. The van der Waals surface area contributed by atoms with E-state index < -0.39 is 35.9 Å². The molecule has 1 amide bonds. The molecule has 0 saturated carbocycles. The Hall–Kier alpha value is -2.29. The lowest BCUT2D eigenvalue weighted by molar-refractivity contribution is -0.159. The third-order valence-corrected chi connectivity index (χ3v) is 4.19. The van der Waals surface area contributed by atoms with Crippen LogP contribution >= 0.6 is 0 Å². The van der Waals surface area contributed by atoms with E-state index in [9.17, 15) is 14.4 Å². The van der Waals surface area contributed by atoms with Gasteiger partial charge in [0.05, 0.1) is 7.11 Å². The molecule has 1 aromatic rings. The van der Waals surface area contributed by atoms with Gasteiger partial charge in [-0.25, -0.2) is 0 Å². The lowest BCUT2D eigenvalue weighted by atomic mass is 10.0. The van der Waals surface area contributed by atoms with Gasteiger partial charge in [-0.15, -0.1) is 0 Å². The molecule has 3 N–H and O–H groups in total. The van der Waals surface area contributed by atoms with E-state index in [1.54, 1.807) is 13.8 Å². The van der Waals surface area contributed by atoms with Crippen LogP contribution < -0.4 is 11.1 Å². The van der Waals surface area contributed by atoms with Crippen LogP contribution in [-0.4, -0.2) is 48.8 Å². The second-order valence-electron chi connectivity index (χ2n) is 6.81. The predicted molar refractivity (Wildman–Crippen MR) is 96.3 cm³/mol. The van der Waals surface area contributed by atoms with Gasteiger partial charge in [-0.05, 0) is 25.8 Å². The monoisotopic (exact) mass is 378 g/mol. The topological polar surface area (TPSA) is 117 Å². The summed E-state index contributed by atoms with van der Waals surface area (Å²) in [5, 5.41) is 2.76. The van der Waals surface area contributed by atoms with E-state index in [0.29, 0.717) is 6.54 Å². The zero-order chi connectivity index (χ0) is 20.0. The number of ether oxygens (including phenoxy) is 3. The maximum atomic E-state index is 12.5. The van der Waals surface area contributed by atoms with Crippen LogP contribution in [0.15, 0.2) is 30.3 Å². The molecule has 3 atom stereocenters. The van der Waals surface area contributed by atoms with Gasteiger partial charge < -0.3 is 25.3 Å². The van der Waals surface area contributed by atoms with Crippen molar-refractivity contribution >= 4 is 17.7 Å². The fourth-order valence-electron chi connectivity index (χ4n) is 2.78. The van der Waals surface area contributed by atoms with Gasteiger partial charge in [0.25, 0.3) is 5.91 Å². The molecule has 0 radical (unpaired) electrons. The molecule has 1 aliphatic heterocycles. The number of methoxy groups -OCH3 is 1. The van der Waals surface area contributed by atoms with Gasteiger partial charge in [0.15, 0.2) is 23.8 Å². The summed E-state index contributed by atoms with van der Waals surface area (Å²) in [5.41, 5.74) is 6.58. The normalized spacial score (nSPS) is 22.1. The van der Waals surface area contributed by atoms with Crippen LogP contribution in [0, 0.1) is 0 Å². The van der Waals surface area contributed by atoms with Crippen molar-refractivity contribution in [3.8, 4) is 0 Å². The number of rotatable bonds is 8. The lowest BCUT2D eigenvalue weighted by Gasteiger charge is -2.16. The van der Waals surface area contributed by atoms with Gasteiger partial charge in [-0.1, -0.05) is 30.3 Å². The largest absolute Gasteiger partial charge is 0.468 e. The number of carbonyl (C=O) groups excluding carboxylic acids is 3. The fraction of sp³-hybridized carbons (Fsp3) is 0.526. The molecule has 0 bridgehead atoms. The second-order valence-corrected chi connectivity index (χ2v) is 6.81. The molecule has 0 aliphatic carbocycles. The summed E-state index contributed by atoms with van der Waals surface area (Å²) >= 11 is 0. The van der Waals surface area contributed by atoms with Crippen LogP contribution in [0.1, 0.15) is 32.3 Å². The predicted octanol–water partition coefficient (Wildman–Crippen LogP) is 0.673. The maximum absolute atomic E-state index is 12.5. The summed E-state index contributed by atoms with van der Waals surface area (Å²) in [6.07, 6.45) is -2.04. The number of hydrogen-bond acceptors (Lipinski definition) is 7. The number of carbonyl (C=O) groups is 3. The summed E-state index contributed by atoms with van der Waals surface area (Å²) in [7, 11) is 1.23. The Labute approximate surface area is 158 Å². The molecular weight excluding hydrogens is 352 g/mol. The summed E-state index contributed by atoms with van der Waals surface area (Å²) in [6.45, 7) is 3.59. The average molecular weight is 378 g/mol. The van der Waals surface area contributed by atoms with Gasteiger partial charge in [0, 0.05) is 13.0 Å². The van der Waals surface area contributed by atoms with Crippen molar-refractivity contribution in [2.24, 2.45) is 5.73 Å². The second kappa shape index (κ2) is 9.07. The molecule has 1 fully saturated rings. The van der Waals surface area contributed by atoms with Gasteiger partial charge in [0.1, 0.15) is 6.04 Å². The number of nitrogens with one attached hydrogen (secondary N) is 1. The van der Waals surface area contributed by atoms with Crippen LogP contribution in [0.4, 0.5) is 0 Å². The Bertz CT molecular complexity index is 676. The maximum Gasteiger partial charge on any atom is 0.322 e. The van der Waals surface area contributed by atoms with Crippen molar-refractivity contribution < 1.29 is 28.6 Å². The lowest BCUT2D eigenvalue weighted by Crippen LogP contribution is -2.44. The summed E-state index contributed by atoms with van der Waals surface area (Å²) in [4.78, 5) is 36.5. The Morgan fingerprint density at radius 3 is 2.44 bits per heavy atom. The third kappa shape index (κ3) is 5.85. The van der Waals surface area contributed by atoms with E-state index in [1.807, 2.05) is 30.3 Å². The first kappa shape index (κ1) is 21.0. The number of esters is 1. The molecule has 1 saturated heterocycles. The average Bonchev–Trinajstić information content (AvgIpc) is 2.99. The molecule has 27 heavy (non-hydrogen) atoms. The summed E-state index contributed by atoms with van der Waals surface area (Å²) in [6, 6.07) is 8.49. The Kier molecular flexibility index (Phi) is 7.06. The van der Waals surface area contributed by atoms with Gasteiger partial charge in [-0.3, -0.25) is 14.4 Å². The van der Waals surface area contributed by atoms with E-state index in [-0.39, 0.29) is 18.6 Å². The van der Waals surface area contributed by atoms with Crippen LogP contribution in [0.5, 0.6) is 0 Å². The van der Waals surface area contributed by atoms with Crippen molar-refractivity contribution in [3.63, 3.8) is 0 Å². The standard InChI is InChI=1S/C19H26N2O6/c1-19(2)26-15(14(22)10-9-13(20)18(24)25-3)16(27-19)17(23)21-11-12-7-5-4-6-8-12/h4-8,13,15-16H,9-11,20H2,1-3H3,(H,21,23). The molecule has 8 nitrogen and oxygen atoms in total. The van der Waals surface area contributed by atoms with E-state index in [0.717, 1.165) is 5.56 Å². The number of ketones is 1. The molecule has 1 aromatic carbocycles. The van der Waals surface area contributed by atoms with Crippen molar-refractivity contribution in [2.75, 3.05) is 7.11 Å². The minimum Gasteiger partial charge on any atom is -0.468 e. The smallest absolute Gasteiger partial charge is 0.322 e. The van der Waals surface area contributed by atoms with Crippen molar-refractivity contribution in [1.29, 1.82) is 0 Å². The number of benzene rings is 1. The van der Waals surface area contributed by atoms with Gasteiger partial charge in [0.2, 0.25) is 0 Å². The Morgan fingerprint density at radius 1 is 1.19 bits per heavy atom. The molecular formula is C19H26N2O6. The van der Waals surface area contributed by atoms with Crippen LogP contribution in [0.2, 0.25) is 0 Å². The molecule has 1 heterocycles.